The van der Waals surface area contributed by atoms with Gasteiger partial charge in [0.15, 0.2) is 16.3 Å². The Labute approximate surface area is 238 Å². The molecule has 4 rings (SSSR count). The van der Waals surface area contributed by atoms with Gasteiger partial charge in [-0.3, -0.25) is 4.79 Å². The van der Waals surface area contributed by atoms with E-state index in [0.717, 1.165) is 43.6 Å². The largest absolute Gasteiger partial charge is 0.495 e. The first-order valence-electron chi connectivity index (χ1n) is 13.8. The van der Waals surface area contributed by atoms with Crippen molar-refractivity contribution in [2.75, 3.05) is 47.9 Å². The molecule has 1 aliphatic carbocycles. The summed E-state index contributed by atoms with van der Waals surface area (Å²) in [7, 11) is 2.11. The Balaban J connectivity index is 1.73. The third kappa shape index (κ3) is 5.96. The predicted octanol–water partition coefficient (Wildman–Crippen LogP) is 3.89. The fourth-order valence-electron chi connectivity index (χ4n) is 6.03. The van der Waals surface area contributed by atoms with Gasteiger partial charge in [0.1, 0.15) is 0 Å². The van der Waals surface area contributed by atoms with Gasteiger partial charge in [0, 0.05) is 32.4 Å². The van der Waals surface area contributed by atoms with Gasteiger partial charge in [-0.25, -0.2) is 13.1 Å². The van der Waals surface area contributed by atoms with Gasteiger partial charge >= 0.3 is 0 Å². The minimum Gasteiger partial charge on any atom is -0.495 e. The van der Waals surface area contributed by atoms with Crippen molar-refractivity contribution >= 4 is 15.9 Å². The Kier molecular flexibility index (Phi) is 9.71. The number of nitrogens with zero attached hydrogens (tertiary/aromatic N) is 2. The van der Waals surface area contributed by atoms with Crippen molar-refractivity contribution in [1.29, 1.82) is 0 Å². The van der Waals surface area contributed by atoms with Crippen LogP contribution in [0.1, 0.15) is 36.4 Å². The van der Waals surface area contributed by atoms with E-state index in [2.05, 4.69) is 9.62 Å². The molecule has 1 amide bonds. The van der Waals surface area contributed by atoms with Gasteiger partial charge in [-0.1, -0.05) is 66.7 Å². The monoisotopic (exact) mass is 567 g/mol. The van der Waals surface area contributed by atoms with Crippen molar-refractivity contribution in [1.82, 2.24) is 14.5 Å². The van der Waals surface area contributed by atoms with Crippen molar-refractivity contribution in [2.45, 2.75) is 36.5 Å². The summed E-state index contributed by atoms with van der Waals surface area (Å²) < 4.78 is 40.3. The molecule has 0 radical (unpaired) electrons. The predicted molar refractivity (Wildman–Crippen MR) is 157 cm³/mol. The van der Waals surface area contributed by atoms with E-state index in [4.69, 9.17) is 9.47 Å². The van der Waals surface area contributed by atoms with Gasteiger partial charge in [-0.2, -0.15) is 0 Å². The zero-order valence-electron chi connectivity index (χ0n) is 23.9. The van der Waals surface area contributed by atoms with Gasteiger partial charge in [-0.05, 0) is 50.2 Å². The van der Waals surface area contributed by atoms with Crippen LogP contribution in [0.2, 0.25) is 0 Å². The van der Waals surface area contributed by atoms with E-state index in [1.54, 1.807) is 17.1 Å². The highest BCUT2D eigenvalue weighted by molar-refractivity contribution is 7.91. The maximum Gasteiger partial charge on any atom is 0.225 e. The van der Waals surface area contributed by atoms with Crippen LogP contribution in [-0.2, 0) is 30.7 Å². The molecule has 0 saturated carbocycles. The van der Waals surface area contributed by atoms with Gasteiger partial charge in [0.05, 0.1) is 20.3 Å². The van der Waals surface area contributed by atoms with E-state index in [9.17, 15) is 13.2 Å². The van der Waals surface area contributed by atoms with Crippen LogP contribution < -0.4 is 4.72 Å². The number of carbonyl (C=O) groups is 1. The van der Waals surface area contributed by atoms with Gasteiger partial charge in [-0.15, -0.1) is 0 Å². The SMILES string of the molecule is CNS(=O)(=O)C1(Cc2ccccc2)C(OC)=C(OC)C=CC1CC(=O)N(C)[C@H](CN1CCCC1)c1ccccc1. The number of nitrogens with one attached hydrogen (secondary N) is 1. The van der Waals surface area contributed by atoms with Crippen LogP contribution in [0.3, 0.4) is 0 Å². The van der Waals surface area contributed by atoms with E-state index in [0.29, 0.717) is 5.76 Å². The molecule has 0 bridgehead atoms. The number of allylic oxidation sites excluding steroid dienone is 2. The Morgan fingerprint density at radius 1 is 1.05 bits per heavy atom. The summed E-state index contributed by atoms with van der Waals surface area (Å²) in [6.07, 6.45) is 5.89. The number of hydrogen-bond acceptors (Lipinski definition) is 6. The summed E-state index contributed by atoms with van der Waals surface area (Å²) in [4.78, 5) is 18.2. The molecule has 2 aromatic rings. The van der Waals surface area contributed by atoms with Crippen molar-refractivity contribution in [3.05, 3.63) is 95.5 Å². The van der Waals surface area contributed by atoms with Crippen LogP contribution in [0.15, 0.2) is 84.3 Å². The van der Waals surface area contributed by atoms with Crippen molar-refractivity contribution < 1.29 is 22.7 Å². The van der Waals surface area contributed by atoms with Gasteiger partial charge in [0.2, 0.25) is 15.9 Å². The number of likely N-dealkylation sites (tertiary alicyclic amines) is 1. The summed E-state index contributed by atoms with van der Waals surface area (Å²) >= 11 is 0. The lowest BCUT2D eigenvalue weighted by molar-refractivity contribution is -0.133. The Morgan fingerprint density at radius 3 is 2.25 bits per heavy atom. The second-order valence-electron chi connectivity index (χ2n) is 10.5. The highest BCUT2D eigenvalue weighted by atomic mass is 32.2. The smallest absolute Gasteiger partial charge is 0.225 e. The Bertz CT molecular complexity index is 1310. The molecule has 2 unspecified atom stereocenters. The van der Waals surface area contributed by atoms with Crippen molar-refractivity contribution in [3.63, 3.8) is 0 Å². The third-order valence-corrected chi connectivity index (χ3v) is 10.4. The second kappa shape index (κ2) is 13.0. The van der Waals surface area contributed by atoms with Crippen LogP contribution in [0, 0.1) is 5.92 Å². The quantitative estimate of drug-likeness (QED) is 0.419. The molecular formula is C31H41N3O5S. The number of benzene rings is 2. The average molecular weight is 568 g/mol. The van der Waals surface area contributed by atoms with Crippen LogP contribution in [0.5, 0.6) is 0 Å². The fraction of sp³-hybridized carbons (Fsp3) is 0.452. The molecular weight excluding hydrogens is 526 g/mol. The highest BCUT2D eigenvalue weighted by Gasteiger charge is 2.56. The van der Waals surface area contributed by atoms with Crippen LogP contribution in [-0.4, -0.2) is 76.8 Å². The molecule has 1 aliphatic heterocycles. The van der Waals surface area contributed by atoms with Crippen molar-refractivity contribution in [3.8, 4) is 0 Å². The second-order valence-corrected chi connectivity index (χ2v) is 12.6. The minimum atomic E-state index is -4.04. The summed E-state index contributed by atoms with van der Waals surface area (Å²) in [5.41, 5.74) is 1.87. The zero-order chi connectivity index (χ0) is 28.8. The lowest BCUT2D eigenvalue weighted by Crippen LogP contribution is -2.56. The molecule has 1 saturated heterocycles. The van der Waals surface area contributed by atoms with E-state index < -0.39 is 20.7 Å². The first-order chi connectivity index (χ1) is 19.3. The molecule has 216 valence electrons. The van der Waals surface area contributed by atoms with E-state index >= 15 is 0 Å². The molecule has 9 heteroatoms. The summed E-state index contributed by atoms with van der Waals surface area (Å²) in [5, 5.41) is 0. The van der Waals surface area contributed by atoms with E-state index in [-0.39, 0.29) is 30.5 Å². The number of methoxy groups -OCH3 is 2. The number of ether oxygens (including phenoxy) is 2. The maximum absolute atomic E-state index is 14.1. The molecule has 0 spiro atoms. The number of hydrogen-bond donors (Lipinski definition) is 1. The first-order valence-corrected chi connectivity index (χ1v) is 15.3. The van der Waals surface area contributed by atoms with Crippen molar-refractivity contribution in [2.24, 2.45) is 5.92 Å². The molecule has 8 nitrogen and oxygen atoms in total. The van der Waals surface area contributed by atoms with E-state index in [1.807, 2.05) is 67.7 Å². The molecule has 2 aromatic carbocycles. The van der Waals surface area contributed by atoms with Crippen LogP contribution in [0.25, 0.3) is 0 Å². The Morgan fingerprint density at radius 2 is 1.68 bits per heavy atom. The summed E-state index contributed by atoms with van der Waals surface area (Å²) in [6, 6.07) is 19.3. The molecule has 3 atom stereocenters. The number of sulfonamides is 1. The maximum atomic E-state index is 14.1. The zero-order valence-corrected chi connectivity index (χ0v) is 24.7. The lowest BCUT2D eigenvalue weighted by Gasteiger charge is -2.42. The standard InChI is InChI=1S/C31H41N3O5S/c1-32-40(36,37)31(22-24-13-7-5-8-14-24)26(17-18-28(38-3)30(31)39-4)21-29(35)33(2)27(23-34-19-11-12-20-34)25-15-9-6-10-16-25/h5-10,13-18,26-27,32H,11-12,19-23H2,1-4H3/t26?,27-,31?/m1/s1. The summed E-state index contributed by atoms with van der Waals surface area (Å²) in [5.74, 6) is -0.335. The number of likely N-dealkylation sites (N-methyl/N-ethyl adjacent to an activating group) is 1. The Hall–Kier alpha value is -3.14. The first kappa shape index (κ1) is 29.8. The molecule has 1 N–H and O–H groups in total. The van der Waals surface area contributed by atoms with Gasteiger partial charge < -0.3 is 19.3 Å². The molecule has 0 aromatic heterocycles. The summed E-state index contributed by atoms with van der Waals surface area (Å²) in [6.45, 7) is 2.76. The number of amides is 1. The third-order valence-electron chi connectivity index (χ3n) is 8.24. The van der Waals surface area contributed by atoms with E-state index in [1.165, 1.54) is 21.3 Å². The molecule has 40 heavy (non-hydrogen) atoms. The highest BCUT2D eigenvalue weighted by Crippen LogP contribution is 2.45. The fourth-order valence-corrected chi connectivity index (χ4v) is 7.74. The lowest BCUT2D eigenvalue weighted by atomic mass is 9.78. The number of carbonyl (C=O) groups excluding carboxylic acids is 1. The molecule has 1 fully saturated rings. The molecule has 1 heterocycles. The van der Waals surface area contributed by atoms with Crippen LogP contribution in [0.4, 0.5) is 0 Å². The topological polar surface area (TPSA) is 88.2 Å². The molecule has 2 aliphatic rings. The van der Waals surface area contributed by atoms with Crippen LogP contribution >= 0.6 is 0 Å². The van der Waals surface area contributed by atoms with Gasteiger partial charge in [0.25, 0.3) is 0 Å². The minimum absolute atomic E-state index is 0.0199. The average Bonchev–Trinajstić information content (AvgIpc) is 3.50. The normalized spacial score (nSPS) is 22.2. The number of rotatable bonds is 12.